The topological polar surface area (TPSA) is 17.2 Å². The van der Waals surface area contributed by atoms with Crippen LogP contribution < -0.4 is 0 Å². The summed E-state index contributed by atoms with van der Waals surface area (Å²) in [6, 6.07) is 1.67. The van der Waals surface area contributed by atoms with E-state index < -0.39 is 0 Å². The Morgan fingerprint density at radius 3 is 2.90 bits per heavy atom. The lowest BCUT2D eigenvalue weighted by atomic mass is 10.3. The van der Waals surface area contributed by atoms with Crippen molar-refractivity contribution in [2.24, 2.45) is 0 Å². The summed E-state index contributed by atoms with van der Waals surface area (Å²) >= 11 is 5.71. The number of hydrogen-bond donors (Lipinski definition) is 0. The highest BCUT2D eigenvalue weighted by molar-refractivity contribution is 6.31. The standard InChI is InChI=1S/C7H5ClN2/c1-5-6(8)3-4-10-7(5)9-2/h3-4H,1H3. The minimum atomic E-state index is 0.382. The van der Waals surface area contributed by atoms with Crippen LogP contribution in [0.15, 0.2) is 12.3 Å². The summed E-state index contributed by atoms with van der Waals surface area (Å²) in [6.45, 7) is 8.47. The van der Waals surface area contributed by atoms with Crippen molar-refractivity contribution in [3.05, 3.63) is 34.3 Å². The summed E-state index contributed by atoms with van der Waals surface area (Å²) in [6.07, 6.45) is 1.53. The summed E-state index contributed by atoms with van der Waals surface area (Å²) in [5.41, 5.74) is 0.749. The second kappa shape index (κ2) is 2.68. The van der Waals surface area contributed by atoms with Crippen LogP contribution in [0.5, 0.6) is 0 Å². The van der Waals surface area contributed by atoms with Crippen LogP contribution in [0.25, 0.3) is 4.85 Å². The second-order valence-corrected chi connectivity index (χ2v) is 2.26. The van der Waals surface area contributed by atoms with Gasteiger partial charge in [-0.1, -0.05) is 18.2 Å². The first-order valence-corrected chi connectivity index (χ1v) is 3.12. The molecule has 0 amide bonds. The van der Waals surface area contributed by atoms with Crippen LogP contribution in [-0.4, -0.2) is 4.98 Å². The van der Waals surface area contributed by atoms with Gasteiger partial charge in [0.2, 0.25) is 0 Å². The molecule has 0 N–H and O–H groups in total. The molecule has 0 aliphatic heterocycles. The Kier molecular flexibility index (Phi) is 1.88. The summed E-state index contributed by atoms with van der Waals surface area (Å²) in [7, 11) is 0. The Balaban J connectivity index is 3.31. The van der Waals surface area contributed by atoms with E-state index >= 15 is 0 Å². The van der Waals surface area contributed by atoms with Crippen molar-refractivity contribution < 1.29 is 0 Å². The maximum atomic E-state index is 6.69. The lowest BCUT2D eigenvalue weighted by molar-refractivity contribution is 1.30. The molecule has 1 aromatic heterocycles. The van der Waals surface area contributed by atoms with Crippen molar-refractivity contribution in [3.8, 4) is 0 Å². The van der Waals surface area contributed by atoms with Gasteiger partial charge in [0.25, 0.3) is 5.82 Å². The van der Waals surface area contributed by atoms with Crippen molar-refractivity contribution >= 4 is 17.4 Å². The highest BCUT2D eigenvalue weighted by Crippen LogP contribution is 2.22. The second-order valence-electron chi connectivity index (χ2n) is 1.85. The number of pyridine rings is 1. The fraction of sp³-hybridized carbons (Fsp3) is 0.143. The summed E-state index contributed by atoms with van der Waals surface area (Å²) in [5, 5.41) is 0.598. The molecule has 0 aromatic carbocycles. The zero-order chi connectivity index (χ0) is 7.56. The van der Waals surface area contributed by atoms with E-state index in [9.17, 15) is 0 Å². The molecule has 10 heavy (non-hydrogen) atoms. The van der Waals surface area contributed by atoms with Crippen LogP contribution in [0.2, 0.25) is 5.02 Å². The first kappa shape index (κ1) is 7.04. The first-order valence-electron chi connectivity index (χ1n) is 2.74. The van der Waals surface area contributed by atoms with Gasteiger partial charge in [-0.2, -0.15) is 0 Å². The van der Waals surface area contributed by atoms with Crippen LogP contribution >= 0.6 is 11.6 Å². The SMILES string of the molecule is [C-]#[N+]c1nccc(Cl)c1C. The van der Waals surface area contributed by atoms with Crippen LogP contribution in [-0.2, 0) is 0 Å². The molecule has 3 heteroatoms. The Hall–Kier alpha value is -1.07. The Labute approximate surface area is 64.3 Å². The van der Waals surface area contributed by atoms with E-state index in [0.717, 1.165) is 5.56 Å². The molecule has 0 fully saturated rings. The number of aromatic nitrogens is 1. The molecule has 50 valence electrons. The van der Waals surface area contributed by atoms with E-state index in [0.29, 0.717) is 10.8 Å². The number of hydrogen-bond acceptors (Lipinski definition) is 1. The van der Waals surface area contributed by atoms with Gasteiger partial charge in [0.1, 0.15) is 6.20 Å². The van der Waals surface area contributed by atoms with Crippen molar-refractivity contribution in [1.82, 2.24) is 4.98 Å². The minimum absolute atomic E-state index is 0.382. The molecule has 0 bridgehead atoms. The molecule has 1 heterocycles. The third-order valence-corrected chi connectivity index (χ3v) is 1.63. The number of halogens is 1. The molecule has 0 unspecified atom stereocenters. The normalized spacial score (nSPS) is 8.90. The molecule has 0 atom stereocenters. The molecule has 0 aliphatic carbocycles. The van der Waals surface area contributed by atoms with Gasteiger partial charge in [-0.25, -0.2) is 0 Å². The molecule has 0 saturated heterocycles. The Bertz CT molecular complexity index is 288. The summed E-state index contributed by atoms with van der Waals surface area (Å²) in [5.74, 6) is 0.382. The third-order valence-electron chi connectivity index (χ3n) is 1.22. The predicted octanol–water partition coefficient (Wildman–Crippen LogP) is 2.59. The molecule has 1 rings (SSSR count). The molecule has 0 saturated carbocycles. The van der Waals surface area contributed by atoms with E-state index in [4.69, 9.17) is 18.2 Å². The summed E-state index contributed by atoms with van der Waals surface area (Å²) in [4.78, 5) is 7.00. The van der Waals surface area contributed by atoms with Crippen molar-refractivity contribution in [2.75, 3.05) is 0 Å². The molecule has 1 aromatic rings. The lowest BCUT2D eigenvalue weighted by Gasteiger charge is -1.95. The van der Waals surface area contributed by atoms with Gasteiger partial charge in [0.05, 0.1) is 0 Å². The Morgan fingerprint density at radius 1 is 1.70 bits per heavy atom. The largest absolute Gasteiger partial charge is 0.360 e. The van der Waals surface area contributed by atoms with Gasteiger partial charge in [-0.15, -0.1) is 4.98 Å². The minimum Gasteiger partial charge on any atom is -0.360 e. The van der Waals surface area contributed by atoms with Crippen LogP contribution in [0.4, 0.5) is 5.82 Å². The smallest absolute Gasteiger partial charge is 0.273 e. The summed E-state index contributed by atoms with van der Waals surface area (Å²) < 4.78 is 0. The van der Waals surface area contributed by atoms with E-state index in [1.807, 2.05) is 0 Å². The maximum Gasteiger partial charge on any atom is 0.273 e. The van der Waals surface area contributed by atoms with E-state index in [1.165, 1.54) is 6.20 Å². The molecule has 0 aliphatic rings. The van der Waals surface area contributed by atoms with Crippen LogP contribution in [0.3, 0.4) is 0 Å². The van der Waals surface area contributed by atoms with Gasteiger partial charge < -0.3 is 4.85 Å². The van der Waals surface area contributed by atoms with E-state index in [1.54, 1.807) is 13.0 Å². The third kappa shape index (κ3) is 1.09. The first-order chi connectivity index (χ1) is 4.75. The molecular formula is C7H5ClN2. The van der Waals surface area contributed by atoms with E-state index in [2.05, 4.69) is 9.83 Å². The van der Waals surface area contributed by atoms with Crippen LogP contribution in [0, 0.1) is 13.5 Å². The van der Waals surface area contributed by atoms with Crippen LogP contribution in [0.1, 0.15) is 5.56 Å². The van der Waals surface area contributed by atoms with Crippen molar-refractivity contribution in [2.45, 2.75) is 6.92 Å². The van der Waals surface area contributed by atoms with Gasteiger partial charge in [0.15, 0.2) is 0 Å². The maximum absolute atomic E-state index is 6.69. The number of rotatable bonds is 0. The highest BCUT2D eigenvalue weighted by Gasteiger charge is 2.01. The van der Waals surface area contributed by atoms with Gasteiger partial charge in [-0.05, 0) is 18.6 Å². The van der Waals surface area contributed by atoms with E-state index in [-0.39, 0.29) is 0 Å². The van der Waals surface area contributed by atoms with Crippen molar-refractivity contribution in [3.63, 3.8) is 0 Å². The zero-order valence-corrected chi connectivity index (χ0v) is 6.18. The molecule has 0 spiro atoms. The van der Waals surface area contributed by atoms with Gasteiger partial charge in [0, 0.05) is 5.02 Å². The molecular weight excluding hydrogens is 148 g/mol. The fourth-order valence-electron chi connectivity index (χ4n) is 0.615. The van der Waals surface area contributed by atoms with Gasteiger partial charge in [-0.3, -0.25) is 0 Å². The lowest BCUT2D eigenvalue weighted by Crippen LogP contribution is -1.77. The zero-order valence-electron chi connectivity index (χ0n) is 5.43. The molecule has 2 nitrogen and oxygen atoms in total. The highest BCUT2D eigenvalue weighted by atomic mass is 35.5. The average molecular weight is 153 g/mol. The molecule has 0 radical (unpaired) electrons. The predicted molar refractivity (Wildman–Crippen MR) is 40.2 cm³/mol. The fourth-order valence-corrected chi connectivity index (χ4v) is 0.756. The number of nitrogens with zero attached hydrogens (tertiary/aromatic N) is 2. The monoisotopic (exact) mass is 152 g/mol. The quantitative estimate of drug-likeness (QED) is 0.523. The average Bonchev–Trinajstić information content (AvgIpc) is 1.95. The van der Waals surface area contributed by atoms with Crippen molar-refractivity contribution in [1.29, 1.82) is 0 Å². The van der Waals surface area contributed by atoms with Gasteiger partial charge >= 0.3 is 0 Å². The Morgan fingerprint density at radius 2 is 2.40 bits per heavy atom.